The molecule has 0 saturated carbocycles. The topological polar surface area (TPSA) is 46.0 Å². The van der Waals surface area contributed by atoms with E-state index in [9.17, 15) is 0 Å². The van der Waals surface area contributed by atoms with Gasteiger partial charge < -0.3 is 5.32 Å². The molecular formula is C15H29N5. The molecule has 1 aromatic rings. The second-order valence-electron chi connectivity index (χ2n) is 6.13. The third kappa shape index (κ3) is 3.58. The zero-order valence-electron chi connectivity index (χ0n) is 13.3. The van der Waals surface area contributed by atoms with Crippen LogP contribution in [0.2, 0.25) is 0 Å². The van der Waals surface area contributed by atoms with Crippen molar-refractivity contribution in [3.63, 3.8) is 0 Å². The maximum Gasteiger partial charge on any atom is 0.141 e. The van der Waals surface area contributed by atoms with Crippen LogP contribution in [0, 0.1) is 5.92 Å². The van der Waals surface area contributed by atoms with Crippen molar-refractivity contribution in [1.82, 2.24) is 25.0 Å². The van der Waals surface area contributed by atoms with Gasteiger partial charge in [-0.25, -0.2) is 9.67 Å². The lowest BCUT2D eigenvalue weighted by Crippen LogP contribution is -2.57. The lowest BCUT2D eigenvalue weighted by atomic mass is 9.97. The molecule has 1 aliphatic rings. The molecule has 2 unspecified atom stereocenters. The normalized spacial score (nSPS) is 24.4. The summed E-state index contributed by atoms with van der Waals surface area (Å²) in [7, 11) is 0. The highest BCUT2D eigenvalue weighted by atomic mass is 15.4. The second-order valence-corrected chi connectivity index (χ2v) is 6.13. The summed E-state index contributed by atoms with van der Waals surface area (Å²) in [6.45, 7) is 13.0. The zero-order chi connectivity index (χ0) is 14.5. The predicted molar refractivity (Wildman–Crippen MR) is 81.4 cm³/mol. The fourth-order valence-electron chi connectivity index (χ4n) is 3.14. The molecule has 0 aliphatic carbocycles. The zero-order valence-corrected chi connectivity index (χ0v) is 13.3. The summed E-state index contributed by atoms with van der Waals surface area (Å²) in [6, 6.07) is 1.21. The lowest BCUT2D eigenvalue weighted by Gasteiger charge is -2.42. The van der Waals surface area contributed by atoms with Gasteiger partial charge in [-0.15, -0.1) is 0 Å². The fourth-order valence-corrected chi connectivity index (χ4v) is 3.14. The molecule has 1 saturated heterocycles. The van der Waals surface area contributed by atoms with E-state index in [1.807, 2.05) is 4.68 Å². The van der Waals surface area contributed by atoms with Gasteiger partial charge in [0.15, 0.2) is 0 Å². The molecule has 0 aromatic carbocycles. The molecular weight excluding hydrogens is 250 g/mol. The van der Waals surface area contributed by atoms with Crippen molar-refractivity contribution in [3.05, 3.63) is 12.2 Å². The van der Waals surface area contributed by atoms with E-state index in [0.717, 1.165) is 32.0 Å². The van der Waals surface area contributed by atoms with Crippen LogP contribution in [-0.2, 0) is 13.1 Å². The van der Waals surface area contributed by atoms with Crippen molar-refractivity contribution in [3.8, 4) is 0 Å². The monoisotopic (exact) mass is 279 g/mol. The number of aromatic nitrogens is 3. The summed E-state index contributed by atoms with van der Waals surface area (Å²) >= 11 is 0. The highest BCUT2D eigenvalue weighted by molar-refractivity contribution is 4.92. The van der Waals surface area contributed by atoms with Gasteiger partial charge in [0.2, 0.25) is 0 Å². The Labute approximate surface area is 122 Å². The molecule has 5 heteroatoms. The molecule has 5 nitrogen and oxygen atoms in total. The molecule has 2 heterocycles. The van der Waals surface area contributed by atoms with Crippen molar-refractivity contribution >= 4 is 0 Å². The van der Waals surface area contributed by atoms with Gasteiger partial charge in [-0.1, -0.05) is 27.2 Å². The number of rotatable bonds is 6. The van der Waals surface area contributed by atoms with Gasteiger partial charge in [-0.3, -0.25) is 4.90 Å². The van der Waals surface area contributed by atoms with Crippen molar-refractivity contribution in [1.29, 1.82) is 0 Å². The van der Waals surface area contributed by atoms with Gasteiger partial charge in [0.1, 0.15) is 12.2 Å². The number of nitrogens with zero attached hydrogens (tertiary/aromatic N) is 4. The molecule has 2 atom stereocenters. The van der Waals surface area contributed by atoms with Crippen LogP contribution in [0.1, 0.15) is 46.4 Å². The first-order chi connectivity index (χ1) is 9.65. The van der Waals surface area contributed by atoms with E-state index in [1.54, 1.807) is 6.33 Å². The molecule has 0 amide bonds. The number of piperazine rings is 1. The van der Waals surface area contributed by atoms with E-state index in [0.29, 0.717) is 18.0 Å². The van der Waals surface area contributed by atoms with Crippen molar-refractivity contribution in [2.24, 2.45) is 5.92 Å². The molecule has 1 aliphatic heterocycles. The molecule has 1 fully saturated rings. The fraction of sp³-hybridized carbons (Fsp3) is 0.867. The Bertz CT molecular complexity index is 401. The highest BCUT2D eigenvalue weighted by Gasteiger charge is 2.30. The van der Waals surface area contributed by atoms with E-state index < -0.39 is 0 Å². The minimum atomic E-state index is 0.588. The Kier molecular flexibility index (Phi) is 5.54. The van der Waals surface area contributed by atoms with Crippen molar-refractivity contribution in [2.45, 2.75) is 65.7 Å². The molecule has 0 bridgehead atoms. The Morgan fingerprint density at radius 2 is 2.20 bits per heavy atom. The average molecular weight is 279 g/mol. The number of aryl methyl sites for hydroxylation is 1. The van der Waals surface area contributed by atoms with Crippen LogP contribution in [0.5, 0.6) is 0 Å². The first kappa shape index (κ1) is 15.4. The van der Waals surface area contributed by atoms with E-state index in [4.69, 9.17) is 0 Å². The van der Waals surface area contributed by atoms with Gasteiger partial charge in [0.05, 0.1) is 6.54 Å². The third-order valence-electron chi connectivity index (χ3n) is 4.29. The summed E-state index contributed by atoms with van der Waals surface area (Å²) in [5.74, 6) is 1.75. The van der Waals surface area contributed by atoms with Gasteiger partial charge in [-0.05, 0) is 19.3 Å². The van der Waals surface area contributed by atoms with Crippen LogP contribution in [0.15, 0.2) is 6.33 Å². The van der Waals surface area contributed by atoms with Crippen molar-refractivity contribution < 1.29 is 0 Å². The Balaban J connectivity index is 2.07. The molecule has 2 rings (SSSR count). The first-order valence-electron chi connectivity index (χ1n) is 7.99. The summed E-state index contributed by atoms with van der Waals surface area (Å²) in [5, 5.41) is 7.99. The minimum absolute atomic E-state index is 0.588. The smallest absolute Gasteiger partial charge is 0.141 e. The molecule has 1 aromatic heterocycles. The maximum absolute atomic E-state index is 4.44. The summed E-state index contributed by atoms with van der Waals surface area (Å²) in [6.07, 6.45) is 4.17. The molecule has 114 valence electrons. The predicted octanol–water partition coefficient (Wildman–Crippen LogP) is 1.90. The van der Waals surface area contributed by atoms with Crippen LogP contribution in [-0.4, -0.2) is 44.8 Å². The Morgan fingerprint density at radius 1 is 1.40 bits per heavy atom. The molecule has 1 N–H and O–H groups in total. The number of hydrogen-bond acceptors (Lipinski definition) is 4. The van der Waals surface area contributed by atoms with E-state index in [1.165, 1.54) is 12.8 Å². The maximum atomic E-state index is 4.44. The van der Waals surface area contributed by atoms with Gasteiger partial charge >= 0.3 is 0 Å². The average Bonchev–Trinajstić information content (AvgIpc) is 2.86. The first-order valence-corrected chi connectivity index (χ1v) is 7.99. The summed E-state index contributed by atoms with van der Waals surface area (Å²) < 4.78 is 2.01. The molecule has 0 radical (unpaired) electrons. The largest absolute Gasteiger partial charge is 0.311 e. The SMILES string of the molecule is CCCC1CN(Cc2ncnn2CC)C(C(C)C)CN1. The van der Waals surface area contributed by atoms with Gasteiger partial charge in [0, 0.05) is 31.7 Å². The minimum Gasteiger partial charge on any atom is -0.311 e. The van der Waals surface area contributed by atoms with E-state index >= 15 is 0 Å². The lowest BCUT2D eigenvalue weighted by molar-refractivity contribution is 0.0845. The molecule has 0 spiro atoms. The highest BCUT2D eigenvalue weighted by Crippen LogP contribution is 2.19. The van der Waals surface area contributed by atoms with E-state index in [-0.39, 0.29) is 0 Å². The van der Waals surface area contributed by atoms with Gasteiger partial charge in [0.25, 0.3) is 0 Å². The van der Waals surface area contributed by atoms with Crippen LogP contribution in [0.3, 0.4) is 0 Å². The number of hydrogen-bond donors (Lipinski definition) is 1. The van der Waals surface area contributed by atoms with E-state index in [2.05, 4.69) is 48.0 Å². The number of nitrogens with one attached hydrogen (secondary N) is 1. The third-order valence-corrected chi connectivity index (χ3v) is 4.29. The van der Waals surface area contributed by atoms with Crippen LogP contribution >= 0.6 is 0 Å². The molecule has 20 heavy (non-hydrogen) atoms. The van der Waals surface area contributed by atoms with Crippen LogP contribution < -0.4 is 5.32 Å². The van der Waals surface area contributed by atoms with Crippen LogP contribution in [0.25, 0.3) is 0 Å². The summed E-state index contributed by atoms with van der Waals surface area (Å²) in [5.41, 5.74) is 0. The Morgan fingerprint density at radius 3 is 2.85 bits per heavy atom. The van der Waals surface area contributed by atoms with Crippen molar-refractivity contribution in [2.75, 3.05) is 13.1 Å². The van der Waals surface area contributed by atoms with Crippen LogP contribution in [0.4, 0.5) is 0 Å². The Hall–Kier alpha value is -0.940. The second kappa shape index (κ2) is 7.18. The standard InChI is InChI=1S/C15H29N5/c1-5-7-13-9-19(14(8-16-13)12(3)4)10-15-17-11-18-20(15)6-2/h11-14,16H,5-10H2,1-4H3. The van der Waals surface area contributed by atoms with Gasteiger partial charge in [-0.2, -0.15) is 5.10 Å². The summed E-state index contributed by atoms with van der Waals surface area (Å²) in [4.78, 5) is 7.03. The quantitative estimate of drug-likeness (QED) is 0.864.